The van der Waals surface area contributed by atoms with Gasteiger partial charge in [0.1, 0.15) is 5.75 Å². The van der Waals surface area contributed by atoms with E-state index in [1.807, 2.05) is 18.8 Å². The van der Waals surface area contributed by atoms with E-state index >= 15 is 0 Å². The molecule has 0 aliphatic carbocycles. The molecule has 0 saturated carbocycles. The maximum Gasteiger partial charge on any atom is 0.122 e. The number of ether oxygens (including phenoxy) is 1. The van der Waals surface area contributed by atoms with Gasteiger partial charge in [0.05, 0.1) is 12.1 Å². The van der Waals surface area contributed by atoms with Gasteiger partial charge in [0.15, 0.2) is 0 Å². The second-order valence-electron chi connectivity index (χ2n) is 4.48. The number of hydrogen-bond donors (Lipinski definition) is 1. The van der Waals surface area contributed by atoms with Gasteiger partial charge in [-0.05, 0) is 24.2 Å². The topological polar surface area (TPSA) is 34.2 Å². The van der Waals surface area contributed by atoms with E-state index < -0.39 is 0 Å². The van der Waals surface area contributed by atoms with Gasteiger partial charge in [-0.25, -0.2) is 0 Å². The minimum Gasteiger partial charge on any atom is -0.493 e. The molecule has 1 N–H and O–H groups in total. The number of hydrogen-bond acceptors (Lipinski definition) is 4. The number of rotatable bonds is 4. The molecule has 1 aromatic heterocycles. The highest BCUT2D eigenvalue weighted by atomic mass is 32.1. The molecule has 0 spiro atoms. The second-order valence-corrected chi connectivity index (χ2v) is 5.45. The van der Waals surface area contributed by atoms with Crippen molar-refractivity contribution in [2.75, 3.05) is 13.7 Å². The Balaban J connectivity index is 1.83. The highest BCUT2D eigenvalue weighted by molar-refractivity contribution is 7.09. The monoisotopic (exact) mass is 260 g/mol. The third-order valence-electron chi connectivity index (χ3n) is 3.35. The van der Waals surface area contributed by atoms with E-state index in [0.29, 0.717) is 6.04 Å². The highest BCUT2D eigenvalue weighted by Gasteiger charge is 2.16. The zero-order chi connectivity index (χ0) is 12.4. The van der Waals surface area contributed by atoms with Crippen LogP contribution >= 0.6 is 11.3 Å². The number of likely N-dealkylation sites (N-methyl/N-ethyl adjacent to an activating group) is 1. The summed E-state index contributed by atoms with van der Waals surface area (Å²) in [5, 5.41) is 3.39. The lowest BCUT2D eigenvalue weighted by atomic mass is 10.00. The molecule has 0 saturated heterocycles. The third-order valence-corrected chi connectivity index (χ3v) is 4.16. The predicted octanol–water partition coefficient (Wildman–Crippen LogP) is 2.58. The molecule has 3 nitrogen and oxygen atoms in total. The quantitative estimate of drug-likeness (QED) is 0.917. The lowest BCUT2D eigenvalue weighted by Gasteiger charge is -2.16. The minimum atomic E-state index is 0.344. The molecule has 2 aromatic rings. The molecule has 18 heavy (non-hydrogen) atoms. The molecular weight excluding hydrogens is 244 g/mol. The molecule has 1 aliphatic heterocycles. The van der Waals surface area contributed by atoms with Crippen LogP contribution < -0.4 is 10.1 Å². The van der Waals surface area contributed by atoms with Gasteiger partial charge in [0.25, 0.3) is 0 Å². The predicted molar refractivity (Wildman–Crippen MR) is 73.3 cm³/mol. The van der Waals surface area contributed by atoms with E-state index in [1.54, 1.807) is 11.3 Å². The highest BCUT2D eigenvalue weighted by Crippen LogP contribution is 2.29. The Hall–Kier alpha value is -1.39. The van der Waals surface area contributed by atoms with Crippen molar-refractivity contribution in [1.29, 1.82) is 0 Å². The zero-order valence-corrected chi connectivity index (χ0v) is 11.2. The first-order chi connectivity index (χ1) is 8.86. The summed E-state index contributed by atoms with van der Waals surface area (Å²) in [6.07, 6.45) is 3.96. The van der Waals surface area contributed by atoms with E-state index in [0.717, 1.165) is 25.2 Å². The van der Waals surface area contributed by atoms with Crippen molar-refractivity contribution in [3.8, 4) is 5.75 Å². The summed E-state index contributed by atoms with van der Waals surface area (Å²) in [7, 11) is 2.01. The molecule has 1 atom stereocenters. The van der Waals surface area contributed by atoms with Gasteiger partial charge >= 0.3 is 0 Å². The maximum atomic E-state index is 5.54. The summed E-state index contributed by atoms with van der Waals surface area (Å²) in [5.41, 5.74) is 4.55. The molecule has 94 valence electrons. The van der Waals surface area contributed by atoms with E-state index in [9.17, 15) is 0 Å². The molecule has 1 aromatic carbocycles. The van der Waals surface area contributed by atoms with Gasteiger partial charge in [-0.1, -0.05) is 12.1 Å². The maximum absolute atomic E-state index is 5.54. The number of benzene rings is 1. The summed E-state index contributed by atoms with van der Waals surface area (Å²) >= 11 is 1.71. The number of thiazole rings is 1. The van der Waals surface area contributed by atoms with Crippen LogP contribution in [0, 0.1) is 0 Å². The van der Waals surface area contributed by atoms with E-state index in [1.165, 1.54) is 16.0 Å². The van der Waals surface area contributed by atoms with Crippen molar-refractivity contribution < 1.29 is 4.74 Å². The normalized spacial score (nSPS) is 15.2. The van der Waals surface area contributed by atoms with Crippen LogP contribution in [-0.4, -0.2) is 18.6 Å². The van der Waals surface area contributed by atoms with Crippen LogP contribution in [-0.2, 0) is 12.8 Å². The molecule has 0 bridgehead atoms. The van der Waals surface area contributed by atoms with E-state index in [2.05, 4.69) is 28.5 Å². The fourth-order valence-corrected chi connectivity index (χ4v) is 3.00. The van der Waals surface area contributed by atoms with Gasteiger partial charge in [-0.2, -0.15) is 0 Å². The van der Waals surface area contributed by atoms with Crippen LogP contribution in [0.1, 0.15) is 22.0 Å². The Bertz CT molecular complexity index is 525. The third kappa shape index (κ3) is 2.26. The number of aromatic nitrogens is 1. The van der Waals surface area contributed by atoms with Crippen molar-refractivity contribution in [3.63, 3.8) is 0 Å². The van der Waals surface area contributed by atoms with Crippen LogP contribution in [0.2, 0.25) is 0 Å². The van der Waals surface area contributed by atoms with Crippen molar-refractivity contribution >= 4 is 11.3 Å². The van der Waals surface area contributed by atoms with E-state index in [4.69, 9.17) is 4.74 Å². The Morgan fingerprint density at radius 3 is 3.22 bits per heavy atom. The fraction of sp³-hybridized carbons (Fsp3) is 0.357. The van der Waals surface area contributed by atoms with Crippen molar-refractivity contribution in [1.82, 2.24) is 10.3 Å². The van der Waals surface area contributed by atoms with Crippen LogP contribution in [0.5, 0.6) is 5.75 Å². The fourth-order valence-electron chi connectivity index (χ4n) is 2.35. The summed E-state index contributed by atoms with van der Waals surface area (Å²) in [5.74, 6) is 1.05. The zero-order valence-electron chi connectivity index (χ0n) is 10.3. The lowest BCUT2D eigenvalue weighted by molar-refractivity contribution is 0.356. The SMILES string of the molecule is CNC(Cc1cncs1)c1ccc2c(c1)CCO2. The molecular formula is C14H16N2OS. The summed E-state index contributed by atoms with van der Waals surface area (Å²) < 4.78 is 5.54. The van der Waals surface area contributed by atoms with Gasteiger partial charge in [0, 0.05) is 30.0 Å². The van der Waals surface area contributed by atoms with E-state index in [-0.39, 0.29) is 0 Å². The number of fused-ring (bicyclic) bond motifs is 1. The summed E-state index contributed by atoms with van der Waals surface area (Å²) in [6, 6.07) is 6.86. The first-order valence-corrected chi connectivity index (χ1v) is 7.05. The van der Waals surface area contributed by atoms with Crippen LogP contribution in [0.15, 0.2) is 29.9 Å². The Kier molecular flexibility index (Phi) is 3.30. The molecule has 1 aliphatic rings. The largest absolute Gasteiger partial charge is 0.493 e. The van der Waals surface area contributed by atoms with Crippen molar-refractivity contribution in [2.24, 2.45) is 0 Å². The first-order valence-electron chi connectivity index (χ1n) is 6.17. The van der Waals surface area contributed by atoms with Crippen LogP contribution in [0.4, 0.5) is 0 Å². The lowest BCUT2D eigenvalue weighted by Crippen LogP contribution is -2.18. The van der Waals surface area contributed by atoms with Gasteiger partial charge in [0.2, 0.25) is 0 Å². The molecule has 1 unspecified atom stereocenters. The van der Waals surface area contributed by atoms with Crippen LogP contribution in [0.25, 0.3) is 0 Å². The molecule has 0 amide bonds. The summed E-state index contributed by atoms with van der Waals surface area (Å²) in [6.45, 7) is 0.817. The van der Waals surface area contributed by atoms with Crippen molar-refractivity contribution in [2.45, 2.75) is 18.9 Å². The second kappa shape index (κ2) is 5.08. The van der Waals surface area contributed by atoms with Gasteiger partial charge in [-0.3, -0.25) is 4.98 Å². The Morgan fingerprint density at radius 2 is 2.44 bits per heavy atom. The first kappa shape index (κ1) is 11.7. The van der Waals surface area contributed by atoms with Gasteiger partial charge in [-0.15, -0.1) is 11.3 Å². The minimum absolute atomic E-state index is 0.344. The average molecular weight is 260 g/mol. The van der Waals surface area contributed by atoms with Crippen molar-refractivity contribution in [3.05, 3.63) is 45.9 Å². The Morgan fingerprint density at radius 1 is 1.50 bits per heavy atom. The average Bonchev–Trinajstić information content (AvgIpc) is 3.06. The molecule has 0 radical (unpaired) electrons. The molecule has 2 heterocycles. The molecule has 0 fully saturated rings. The number of nitrogens with one attached hydrogen (secondary N) is 1. The van der Waals surface area contributed by atoms with Crippen LogP contribution in [0.3, 0.4) is 0 Å². The number of nitrogens with zero attached hydrogens (tertiary/aromatic N) is 1. The smallest absolute Gasteiger partial charge is 0.122 e. The summed E-state index contributed by atoms with van der Waals surface area (Å²) in [4.78, 5) is 5.44. The molecule has 4 heteroatoms. The Labute approximate surface area is 111 Å². The molecule has 3 rings (SSSR count). The standard InChI is InChI=1S/C14H16N2OS/c1-15-13(7-12-8-16-9-18-12)10-2-3-14-11(6-10)4-5-17-14/h2-3,6,8-9,13,15H,4-5,7H2,1H3. The van der Waals surface area contributed by atoms with Gasteiger partial charge < -0.3 is 10.1 Å².